The molecule has 0 saturated carbocycles. The summed E-state index contributed by atoms with van der Waals surface area (Å²) in [6, 6.07) is 27.9. The molecule has 5 aliphatic rings. The van der Waals surface area contributed by atoms with Crippen LogP contribution in [0.25, 0.3) is 22.3 Å². The number of nitrogens with zero attached hydrogens (tertiary/aromatic N) is 4. The van der Waals surface area contributed by atoms with Gasteiger partial charge in [0.15, 0.2) is 0 Å². The Bertz CT molecular complexity index is 3600. The molecular formula is C60H44CuN4O8. The average molecular weight is 1010 g/mol. The Balaban J connectivity index is 0.00000711. The van der Waals surface area contributed by atoms with Crippen LogP contribution in [0.5, 0.6) is 23.0 Å². The van der Waals surface area contributed by atoms with Gasteiger partial charge >= 0.3 is 23.9 Å². The summed E-state index contributed by atoms with van der Waals surface area (Å²) in [6.45, 7) is 21.5. The van der Waals surface area contributed by atoms with E-state index >= 15 is 0 Å². The van der Waals surface area contributed by atoms with Crippen LogP contribution in [0.1, 0.15) is 49.9 Å². The monoisotopic (exact) mass is 1010 g/mol. The third-order valence-electron chi connectivity index (χ3n) is 11.3. The molecule has 0 aromatic heterocycles. The molecule has 0 N–H and O–H groups in total. The SMILES string of the molecule is C=C(C)C(=O)Oc1ccccc1C1=CC2=CC3=NC(=CC4=NC(=CC5=NC(=C(c6ccccc6OC(=O)C(=C)C)C1=N2)C(c1ccccc1OC(=O)C(=C)C)=C5c1ccccc1OC(=O)C(=C)C)C=C4)C=C3.[Cu]. The zero-order valence-corrected chi connectivity index (χ0v) is 41.0. The minimum atomic E-state index is -0.693. The van der Waals surface area contributed by atoms with Gasteiger partial charge in [-0.1, -0.05) is 99.1 Å². The predicted octanol–water partition coefficient (Wildman–Crippen LogP) is 11.6. The van der Waals surface area contributed by atoms with E-state index in [4.69, 9.17) is 38.9 Å². The first-order chi connectivity index (χ1) is 34.6. The van der Waals surface area contributed by atoms with E-state index in [-0.39, 0.29) is 68.1 Å². The smallest absolute Gasteiger partial charge is 0.338 e. The second-order valence-corrected chi connectivity index (χ2v) is 17.1. The summed E-state index contributed by atoms with van der Waals surface area (Å²) in [6.07, 6.45) is 14.8. The largest absolute Gasteiger partial charge is 0.423 e. The van der Waals surface area contributed by atoms with Crippen LogP contribution in [0.15, 0.2) is 237 Å². The van der Waals surface area contributed by atoms with Crippen molar-refractivity contribution in [1.29, 1.82) is 0 Å². The first-order valence-electron chi connectivity index (χ1n) is 22.6. The van der Waals surface area contributed by atoms with E-state index in [1.54, 1.807) is 131 Å². The minimum Gasteiger partial charge on any atom is -0.423 e. The topological polar surface area (TPSA) is 155 Å². The zero-order chi connectivity index (χ0) is 50.8. The molecule has 0 unspecified atom stereocenters. The van der Waals surface area contributed by atoms with E-state index in [9.17, 15) is 19.2 Å². The molecular weight excluding hydrogens is 968 g/mol. The van der Waals surface area contributed by atoms with Gasteiger partial charge in [0, 0.05) is 83.9 Å². The van der Waals surface area contributed by atoms with Gasteiger partial charge in [0.2, 0.25) is 0 Å². The van der Waals surface area contributed by atoms with Gasteiger partial charge in [-0.2, -0.15) is 0 Å². The van der Waals surface area contributed by atoms with E-state index in [1.165, 1.54) is 0 Å². The van der Waals surface area contributed by atoms with Crippen molar-refractivity contribution in [2.75, 3.05) is 0 Å². The van der Waals surface area contributed by atoms with Crippen LogP contribution in [0.4, 0.5) is 0 Å². The number of fused-ring (bicyclic) bond motifs is 4. The van der Waals surface area contributed by atoms with E-state index in [2.05, 4.69) is 26.3 Å². The fourth-order valence-electron chi connectivity index (χ4n) is 7.94. The molecule has 4 aromatic carbocycles. The summed E-state index contributed by atoms with van der Waals surface area (Å²) < 4.78 is 24.4. The number of benzene rings is 4. The Morgan fingerprint density at radius 3 is 1.22 bits per heavy atom. The van der Waals surface area contributed by atoms with Gasteiger partial charge in [0.1, 0.15) is 23.0 Å². The summed E-state index contributed by atoms with van der Waals surface area (Å²) >= 11 is 0. The minimum absolute atomic E-state index is 0. The molecule has 13 heteroatoms. The number of esters is 4. The predicted molar refractivity (Wildman–Crippen MR) is 282 cm³/mol. The zero-order valence-electron chi connectivity index (χ0n) is 40.0. The summed E-state index contributed by atoms with van der Waals surface area (Å²) in [5, 5.41) is 0. The van der Waals surface area contributed by atoms with Gasteiger partial charge in [-0.3, -0.25) is 0 Å². The molecule has 12 nitrogen and oxygen atoms in total. The second kappa shape index (κ2) is 21.1. The van der Waals surface area contributed by atoms with Gasteiger partial charge in [-0.05, 0) is 101 Å². The molecule has 0 saturated heterocycles. The summed E-state index contributed by atoms with van der Waals surface area (Å²) in [5.74, 6) is -2.06. The summed E-state index contributed by atoms with van der Waals surface area (Å²) in [5.41, 5.74) is 7.57. The molecule has 0 amide bonds. The number of para-hydroxylation sites is 4. The van der Waals surface area contributed by atoms with Gasteiger partial charge in [-0.25, -0.2) is 39.1 Å². The summed E-state index contributed by atoms with van der Waals surface area (Å²) in [4.78, 5) is 74.6. The molecule has 5 heterocycles. The molecule has 9 rings (SSSR count). The van der Waals surface area contributed by atoms with Gasteiger partial charge in [0.25, 0.3) is 0 Å². The third kappa shape index (κ3) is 10.5. The maximum absolute atomic E-state index is 13.6. The fourth-order valence-corrected chi connectivity index (χ4v) is 7.94. The van der Waals surface area contributed by atoms with Crippen molar-refractivity contribution in [1.82, 2.24) is 0 Å². The van der Waals surface area contributed by atoms with Crippen molar-refractivity contribution in [3.8, 4) is 23.0 Å². The third-order valence-corrected chi connectivity index (χ3v) is 11.3. The molecule has 1 radical (unpaired) electrons. The number of ether oxygens (including phenoxy) is 4. The normalized spacial score (nSPS) is 15.1. The van der Waals surface area contributed by atoms with Crippen molar-refractivity contribution < 1.29 is 55.2 Å². The maximum Gasteiger partial charge on any atom is 0.338 e. The Hall–Kier alpha value is -9.16. The van der Waals surface area contributed by atoms with Crippen LogP contribution in [-0.4, -0.2) is 46.7 Å². The molecule has 0 fully saturated rings. The number of carbonyl (C=O) groups excluding carboxylic acids is 4. The number of hydrogen-bond acceptors (Lipinski definition) is 12. The van der Waals surface area contributed by atoms with Crippen molar-refractivity contribution in [3.05, 3.63) is 239 Å². The first-order valence-corrected chi connectivity index (χ1v) is 22.6. The number of carbonyl (C=O) groups is 4. The first kappa shape index (κ1) is 50.2. The van der Waals surface area contributed by atoms with Gasteiger partial charge in [-0.15, -0.1) is 0 Å². The maximum atomic E-state index is 13.6. The van der Waals surface area contributed by atoms with E-state index in [0.717, 1.165) is 0 Å². The Labute approximate surface area is 432 Å². The number of aliphatic imine (C=N–C) groups is 4. The molecule has 5 aliphatic heterocycles. The van der Waals surface area contributed by atoms with Crippen molar-refractivity contribution in [2.45, 2.75) is 27.7 Å². The van der Waals surface area contributed by atoms with E-state index in [1.807, 2.05) is 42.5 Å². The molecule has 73 heavy (non-hydrogen) atoms. The van der Waals surface area contributed by atoms with Gasteiger partial charge < -0.3 is 18.9 Å². The number of allylic oxidation sites excluding steroid dienone is 12. The van der Waals surface area contributed by atoms with Crippen molar-refractivity contribution in [3.63, 3.8) is 0 Å². The van der Waals surface area contributed by atoms with Crippen LogP contribution in [-0.2, 0) is 36.2 Å². The molecule has 0 aliphatic carbocycles. The number of hydrogen-bond donors (Lipinski definition) is 0. The molecule has 363 valence electrons. The van der Waals surface area contributed by atoms with E-state index in [0.29, 0.717) is 84.5 Å². The molecule has 0 spiro atoms. The van der Waals surface area contributed by atoms with Crippen LogP contribution in [0.2, 0.25) is 0 Å². The standard InChI is InChI=1S/C60H44N4O8.Cu/c1-33(2)57(65)69-48-21-13-9-17-42(48)46-31-41-30-39-26-25-37(61-39)29-38-27-28-40(62-38)32-47-52(43-18-10-14-22-49(43)70-58(66)34(3)4)53(44-19-11-15-23-50(44)71-59(67)35(5)6)56(64-47)54(55(46)63-41)45-20-12-16-24-51(45)72-60(68)36(7)8;/h9-32H,1,3,5,7H2,2,4,6,8H3;. The number of rotatable bonds is 12. The van der Waals surface area contributed by atoms with Crippen LogP contribution in [0.3, 0.4) is 0 Å². The van der Waals surface area contributed by atoms with Crippen LogP contribution >= 0.6 is 0 Å². The Morgan fingerprint density at radius 1 is 0.397 bits per heavy atom. The van der Waals surface area contributed by atoms with Crippen molar-refractivity contribution in [2.24, 2.45) is 20.0 Å². The second-order valence-electron chi connectivity index (χ2n) is 17.1. The fraction of sp³-hybridized carbons (Fsp3) is 0.0667. The Morgan fingerprint density at radius 2 is 0.767 bits per heavy atom. The van der Waals surface area contributed by atoms with Gasteiger partial charge in [0.05, 0.1) is 45.6 Å². The Kier molecular flexibility index (Phi) is 14.5. The van der Waals surface area contributed by atoms with Crippen LogP contribution in [0, 0.1) is 0 Å². The molecule has 8 bridgehead atoms. The quantitative estimate of drug-likeness (QED) is 0.0588. The molecule has 0 atom stereocenters. The molecule has 4 aromatic rings. The average Bonchev–Trinajstić information content (AvgIpc) is 4.17. The van der Waals surface area contributed by atoms with Crippen LogP contribution < -0.4 is 18.9 Å². The van der Waals surface area contributed by atoms with E-state index < -0.39 is 23.9 Å². The van der Waals surface area contributed by atoms with Crippen molar-refractivity contribution >= 4 is 69.0 Å². The summed E-state index contributed by atoms with van der Waals surface area (Å²) in [7, 11) is 0.